The number of carbonyl (C=O) groups excluding carboxylic acids is 1. The summed E-state index contributed by atoms with van der Waals surface area (Å²) in [6, 6.07) is 7.05. The number of rotatable bonds is 3. The number of halogens is 1. The number of nitrogens with zero attached hydrogens (tertiary/aromatic N) is 2. The minimum absolute atomic E-state index is 0.0825. The van der Waals surface area contributed by atoms with Crippen molar-refractivity contribution >= 4 is 17.5 Å². The lowest BCUT2D eigenvalue weighted by Crippen LogP contribution is -2.49. The lowest BCUT2D eigenvalue weighted by atomic mass is 10.2. The van der Waals surface area contributed by atoms with Crippen molar-refractivity contribution in [2.75, 3.05) is 39.3 Å². The second-order valence-electron chi connectivity index (χ2n) is 4.43. The van der Waals surface area contributed by atoms with Crippen molar-refractivity contribution in [2.24, 2.45) is 5.73 Å². The first-order valence-corrected chi connectivity index (χ1v) is 6.56. The molecule has 0 spiro atoms. The summed E-state index contributed by atoms with van der Waals surface area (Å²) in [5, 5.41) is 0.652. The van der Waals surface area contributed by atoms with Crippen LogP contribution in [-0.2, 0) is 0 Å². The number of benzene rings is 1. The fourth-order valence-electron chi connectivity index (χ4n) is 2.13. The summed E-state index contributed by atoms with van der Waals surface area (Å²) in [4.78, 5) is 16.4. The molecule has 0 aliphatic carbocycles. The quantitative estimate of drug-likeness (QED) is 0.891. The molecule has 1 saturated heterocycles. The van der Waals surface area contributed by atoms with Crippen LogP contribution in [0.2, 0.25) is 5.02 Å². The molecule has 18 heavy (non-hydrogen) atoms. The number of hydrogen-bond donors (Lipinski definition) is 1. The van der Waals surface area contributed by atoms with E-state index in [9.17, 15) is 4.79 Å². The van der Waals surface area contributed by atoms with E-state index in [4.69, 9.17) is 17.3 Å². The van der Waals surface area contributed by atoms with Crippen LogP contribution >= 0.6 is 11.6 Å². The van der Waals surface area contributed by atoms with Gasteiger partial charge in [-0.25, -0.2) is 0 Å². The summed E-state index contributed by atoms with van der Waals surface area (Å²) in [6.07, 6.45) is 0. The molecule has 1 fully saturated rings. The molecule has 1 aromatic rings. The zero-order valence-corrected chi connectivity index (χ0v) is 11.1. The molecule has 1 aromatic carbocycles. The van der Waals surface area contributed by atoms with Crippen LogP contribution in [0.1, 0.15) is 10.4 Å². The highest BCUT2D eigenvalue weighted by Crippen LogP contribution is 2.12. The van der Waals surface area contributed by atoms with Crippen LogP contribution in [0.25, 0.3) is 0 Å². The summed E-state index contributed by atoms with van der Waals surface area (Å²) in [7, 11) is 0. The maximum atomic E-state index is 12.2. The van der Waals surface area contributed by atoms with Crippen molar-refractivity contribution in [1.82, 2.24) is 9.80 Å². The van der Waals surface area contributed by atoms with Gasteiger partial charge in [0.25, 0.3) is 5.91 Å². The molecular formula is C13H18ClN3O. The Balaban J connectivity index is 1.93. The minimum atomic E-state index is 0.0825. The van der Waals surface area contributed by atoms with Crippen LogP contribution in [0.3, 0.4) is 0 Å². The van der Waals surface area contributed by atoms with E-state index in [0.717, 1.165) is 32.7 Å². The number of carbonyl (C=O) groups is 1. The molecule has 0 radical (unpaired) electrons. The smallest absolute Gasteiger partial charge is 0.253 e. The van der Waals surface area contributed by atoms with Gasteiger partial charge in [0.05, 0.1) is 0 Å². The normalized spacial score (nSPS) is 16.9. The van der Waals surface area contributed by atoms with E-state index >= 15 is 0 Å². The second-order valence-corrected chi connectivity index (χ2v) is 4.87. The molecule has 2 N–H and O–H groups in total. The Morgan fingerprint density at radius 3 is 2.33 bits per heavy atom. The van der Waals surface area contributed by atoms with Gasteiger partial charge in [0.2, 0.25) is 0 Å². The summed E-state index contributed by atoms with van der Waals surface area (Å²) < 4.78 is 0. The van der Waals surface area contributed by atoms with Crippen LogP contribution < -0.4 is 5.73 Å². The number of nitrogens with two attached hydrogens (primary N) is 1. The highest BCUT2D eigenvalue weighted by molar-refractivity contribution is 6.30. The molecule has 0 aromatic heterocycles. The first kappa shape index (κ1) is 13.3. The Morgan fingerprint density at radius 2 is 1.78 bits per heavy atom. The van der Waals surface area contributed by atoms with Gasteiger partial charge in [0.1, 0.15) is 0 Å². The van der Waals surface area contributed by atoms with Crippen LogP contribution in [0.5, 0.6) is 0 Å². The minimum Gasteiger partial charge on any atom is -0.336 e. The highest BCUT2D eigenvalue weighted by atomic mass is 35.5. The van der Waals surface area contributed by atoms with Crippen molar-refractivity contribution in [3.05, 3.63) is 34.9 Å². The monoisotopic (exact) mass is 267 g/mol. The maximum absolute atomic E-state index is 12.2. The van der Waals surface area contributed by atoms with E-state index in [1.165, 1.54) is 0 Å². The van der Waals surface area contributed by atoms with Crippen molar-refractivity contribution in [3.63, 3.8) is 0 Å². The van der Waals surface area contributed by atoms with E-state index in [2.05, 4.69) is 4.90 Å². The predicted molar refractivity (Wildman–Crippen MR) is 72.8 cm³/mol. The molecule has 1 amide bonds. The Hall–Kier alpha value is -1.10. The molecule has 0 saturated carbocycles. The van der Waals surface area contributed by atoms with E-state index in [1.54, 1.807) is 24.3 Å². The summed E-state index contributed by atoms with van der Waals surface area (Å²) >= 11 is 5.81. The third-order valence-electron chi connectivity index (χ3n) is 3.20. The fourth-order valence-corrected chi connectivity index (χ4v) is 2.26. The van der Waals surface area contributed by atoms with E-state index in [1.807, 2.05) is 4.90 Å². The molecule has 1 heterocycles. The SMILES string of the molecule is NCCN1CCN(C(=O)c2ccc(Cl)cc2)CC1. The third kappa shape index (κ3) is 3.22. The number of hydrogen-bond acceptors (Lipinski definition) is 3. The summed E-state index contributed by atoms with van der Waals surface area (Å²) in [6.45, 7) is 4.91. The molecule has 4 nitrogen and oxygen atoms in total. The van der Waals surface area contributed by atoms with Gasteiger partial charge < -0.3 is 10.6 Å². The van der Waals surface area contributed by atoms with Gasteiger partial charge in [-0.1, -0.05) is 11.6 Å². The van der Waals surface area contributed by atoms with Crippen LogP contribution in [0.4, 0.5) is 0 Å². The molecule has 0 atom stereocenters. The molecule has 1 aliphatic heterocycles. The zero-order valence-electron chi connectivity index (χ0n) is 10.3. The Labute approximate surface area is 112 Å². The molecule has 0 bridgehead atoms. The standard InChI is InChI=1S/C13H18ClN3O/c14-12-3-1-11(2-4-12)13(18)17-9-7-16(6-5-15)8-10-17/h1-4H,5-10,15H2. The molecule has 2 rings (SSSR count). The van der Waals surface area contributed by atoms with Crippen molar-refractivity contribution < 1.29 is 4.79 Å². The largest absolute Gasteiger partial charge is 0.336 e. The first-order chi connectivity index (χ1) is 8.70. The average molecular weight is 268 g/mol. The van der Waals surface area contributed by atoms with Crippen molar-refractivity contribution in [3.8, 4) is 0 Å². The maximum Gasteiger partial charge on any atom is 0.253 e. The number of piperazine rings is 1. The summed E-state index contributed by atoms with van der Waals surface area (Å²) in [5.74, 6) is 0.0825. The molecule has 98 valence electrons. The molecule has 5 heteroatoms. The van der Waals surface area contributed by atoms with Gasteiger partial charge >= 0.3 is 0 Å². The fraction of sp³-hybridized carbons (Fsp3) is 0.462. The van der Waals surface area contributed by atoms with Crippen LogP contribution in [-0.4, -0.2) is 55.0 Å². The van der Waals surface area contributed by atoms with Gasteiger partial charge in [-0.15, -0.1) is 0 Å². The van der Waals surface area contributed by atoms with Crippen molar-refractivity contribution in [1.29, 1.82) is 0 Å². The van der Waals surface area contributed by atoms with Crippen LogP contribution in [0, 0.1) is 0 Å². The topological polar surface area (TPSA) is 49.6 Å². The van der Waals surface area contributed by atoms with Crippen molar-refractivity contribution in [2.45, 2.75) is 0 Å². The summed E-state index contributed by atoms with van der Waals surface area (Å²) in [5.41, 5.74) is 6.22. The van der Waals surface area contributed by atoms with E-state index in [-0.39, 0.29) is 5.91 Å². The van der Waals surface area contributed by atoms with Crippen LogP contribution in [0.15, 0.2) is 24.3 Å². The average Bonchev–Trinajstić information content (AvgIpc) is 2.40. The van der Waals surface area contributed by atoms with Gasteiger partial charge in [0, 0.05) is 49.9 Å². The number of amides is 1. The Kier molecular flexibility index (Phi) is 4.58. The predicted octanol–water partition coefficient (Wildman–Crippen LogP) is 1.06. The molecular weight excluding hydrogens is 250 g/mol. The Bertz CT molecular complexity index is 399. The third-order valence-corrected chi connectivity index (χ3v) is 3.45. The van der Waals surface area contributed by atoms with E-state index in [0.29, 0.717) is 17.1 Å². The van der Waals surface area contributed by atoms with Gasteiger partial charge in [-0.3, -0.25) is 9.69 Å². The first-order valence-electron chi connectivity index (χ1n) is 6.18. The molecule has 0 unspecified atom stereocenters. The zero-order chi connectivity index (χ0) is 13.0. The lowest BCUT2D eigenvalue weighted by molar-refractivity contribution is 0.0641. The molecule has 1 aliphatic rings. The van der Waals surface area contributed by atoms with Gasteiger partial charge in [-0.05, 0) is 24.3 Å². The van der Waals surface area contributed by atoms with Gasteiger partial charge in [0.15, 0.2) is 0 Å². The highest BCUT2D eigenvalue weighted by Gasteiger charge is 2.21. The Morgan fingerprint density at radius 1 is 1.17 bits per heavy atom. The van der Waals surface area contributed by atoms with E-state index < -0.39 is 0 Å². The lowest BCUT2D eigenvalue weighted by Gasteiger charge is -2.34. The second kappa shape index (κ2) is 6.18. The van der Waals surface area contributed by atoms with Gasteiger partial charge in [-0.2, -0.15) is 0 Å².